The Balaban J connectivity index is 1.35. The normalized spacial score (nSPS) is 10.5. The third-order valence-electron chi connectivity index (χ3n) is 5.28. The van der Waals surface area contributed by atoms with Crippen LogP contribution < -0.4 is 20.1 Å². The Labute approximate surface area is 217 Å². The fourth-order valence-electron chi connectivity index (χ4n) is 3.50. The first kappa shape index (κ1) is 24.3. The van der Waals surface area contributed by atoms with Crippen LogP contribution in [0.15, 0.2) is 97.5 Å². The minimum Gasteiger partial charge on any atom is -0.457 e. The molecule has 0 fully saturated rings. The predicted molar refractivity (Wildman–Crippen MR) is 140 cm³/mol. The molecule has 3 aromatic carbocycles. The third kappa shape index (κ3) is 5.71. The van der Waals surface area contributed by atoms with E-state index in [-0.39, 0.29) is 17.2 Å². The zero-order valence-electron chi connectivity index (χ0n) is 20.1. The minimum absolute atomic E-state index is 0.185. The second kappa shape index (κ2) is 11.1. The van der Waals surface area contributed by atoms with Crippen LogP contribution in [0.5, 0.6) is 23.1 Å². The van der Waals surface area contributed by atoms with Gasteiger partial charge in [-0.3, -0.25) is 4.79 Å². The molecule has 0 aliphatic carbocycles. The lowest BCUT2D eigenvalue weighted by Gasteiger charge is -2.12. The first-order chi connectivity index (χ1) is 18.6. The van der Waals surface area contributed by atoms with Gasteiger partial charge in [0.25, 0.3) is 5.91 Å². The molecule has 1 amide bonds. The van der Waals surface area contributed by atoms with Crippen molar-refractivity contribution in [3.05, 3.63) is 109 Å². The van der Waals surface area contributed by atoms with Crippen LogP contribution in [0.25, 0.3) is 11.4 Å². The molecule has 2 N–H and O–H groups in total. The molecule has 0 atom stereocenters. The number of nitrogens with zero attached hydrogens (tertiary/aromatic N) is 4. The lowest BCUT2D eigenvalue weighted by molar-refractivity contribution is 0.102. The van der Waals surface area contributed by atoms with Crippen molar-refractivity contribution < 1.29 is 18.7 Å². The largest absolute Gasteiger partial charge is 0.457 e. The molecule has 5 rings (SSSR count). The van der Waals surface area contributed by atoms with Crippen molar-refractivity contribution in [2.75, 3.05) is 17.7 Å². The molecule has 9 nitrogen and oxygen atoms in total. The molecule has 0 saturated heterocycles. The zero-order valence-corrected chi connectivity index (χ0v) is 20.1. The lowest BCUT2D eigenvalue weighted by Crippen LogP contribution is -2.14. The summed E-state index contributed by atoms with van der Waals surface area (Å²) in [6, 6.07) is 23.4. The van der Waals surface area contributed by atoms with Crippen LogP contribution in [0.2, 0.25) is 0 Å². The van der Waals surface area contributed by atoms with Crippen LogP contribution in [0.1, 0.15) is 10.4 Å². The zero-order chi connectivity index (χ0) is 26.3. The van der Waals surface area contributed by atoms with Gasteiger partial charge in [-0.25, -0.2) is 19.3 Å². The Kier molecular flexibility index (Phi) is 7.12. The average Bonchev–Trinajstić information content (AvgIpc) is 2.95. The van der Waals surface area contributed by atoms with Crippen molar-refractivity contribution in [3.8, 4) is 34.5 Å². The number of hydrogen-bond acceptors (Lipinski definition) is 8. The lowest BCUT2D eigenvalue weighted by atomic mass is 10.1. The first-order valence-electron chi connectivity index (χ1n) is 11.5. The van der Waals surface area contributed by atoms with E-state index in [2.05, 4.69) is 30.6 Å². The molecule has 2 heterocycles. The van der Waals surface area contributed by atoms with E-state index in [4.69, 9.17) is 9.47 Å². The van der Waals surface area contributed by atoms with Gasteiger partial charge in [-0.05, 0) is 54.6 Å². The highest BCUT2D eigenvalue weighted by Crippen LogP contribution is 2.31. The number of aromatic nitrogens is 4. The van der Waals surface area contributed by atoms with E-state index >= 15 is 0 Å². The Hall–Kier alpha value is -5.38. The molecule has 2 aromatic heterocycles. The van der Waals surface area contributed by atoms with Crippen molar-refractivity contribution in [2.45, 2.75) is 0 Å². The molecule has 0 aliphatic heterocycles. The molecule has 0 saturated carbocycles. The van der Waals surface area contributed by atoms with Gasteiger partial charge in [-0.15, -0.1) is 0 Å². The van der Waals surface area contributed by atoms with E-state index in [9.17, 15) is 9.18 Å². The van der Waals surface area contributed by atoms with E-state index in [0.29, 0.717) is 34.5 Å². The Bertz CT molecular complexity index is 1580. The molecule has 0 radical (unpaired) electrons. The van der Waals surface area contributed by atoms with Gasteiger partial charge < -0.3 is 20.1 Å². The number of amides is 1. The highest BCUT2D eigenvalue weighted by molar-refractivity contribution is 6.04. The van der Waals surface area contributed by atoms with Gasteiger partial charge in [0.05, 0.1) is 11.1 Å². The van der Waals surface area contributed by atoms with Gasteiger partial charge in [0, 0.05) is 25.0 Å². The van der Waals surface area contributed by atoms with Crippen molar-refractivity contribution >= 4 is 17.5 Å². The second-order valence-electron chi connectivity index (χ2n) is 7.88. The van der Waals surface area contributed by atoms with Crippen LogP contribution in [0, 0.1) is 5.82 Å². The number of nitrogens with one attached hydrogen (secondary N) is 2. The van der Waals surface area contributed by atoms with Gasteiger partial charge in [0.2, 0.25) is 11.8 Å². The van der Waals surface area contributed by atoms with Gasteiger partial charge in [0.15, 0.2) is 5.82 Å². The van der Waals surface area contributed by atoms with Crippen molar-refractivity contribution in [3.63, 3.8) is 0 Å². The average molecular weight is 509 g/mol. The summed E-state index contributed by atoms with van der Waals surface area (Å²) >= 11 is 0. The van der Waals surface area contributed by atoms with E-state index in [1.54, 1.807) is 49.6 Å². The van der Waals surface area contributed by atoms with Crippen LogP contribution in [0.3, 0.4) is 0 Å². The number of anilines is 2. The number of pyridine rings is 1. The minimum atomic E-state index is -0.705. The van der Waals surface area contributed by atoms with E-state index in [1.807, 2.05) is 30.3 Å². The van der Waals surface area contributed by atoms with Gasteiger partial charge >= 0.3 is 0 Å². The highest BCUT2D eigenvalue weighted by Gasteiger charge is 2.17. The smallest absolute Gasteiger partial charge is 0.258 e. The summed E-state index contributed by atoms with van der Waals surface area (Å²) in [6.45, 7) is 0. The summed E-state index contributed by atoms with van der Waals surface area (Å²) < 4.78 is 26.4. The maximum Gasteiger partial charge on any atom is 0.258 e. The fourth-order valence-corrected chi connectivity index (χ4v) is 3.50. The van der Waals surface area contributed by atoms with Crippen LogP contribution in [-0.4, -0.2) is 32.9 Å². The number of rotatable bonds is 8. The van der Waals surface area contributed by atoms with E-state index in [1.165, 1.54) is 18.5 Å². The maximum atomic E-state index is 14.7. The quantitative estimate of drug-likeness (QED) is 0.264. The molecular formula is C28H21FN6O3. The number of ether oxygens (including phenoxy) is 2. The molecule has 10 heteroatoms. The predicted octanol–water partition coefficient (Wildman–Crippen LogP) is 5.95. The summed E-state index contributed by atoms with van der Waals surface area (Å²) in [7, 11) is 1.69. The number of benzene rings is 3. The topological polar surface area (TPSA) is 111 Å². The molecule has 0 bridgehead atoms. The number of carbonyl (C=O) groups excluding carboxylic acids is 1. The number of carbonyl (C=O) groups is 1. The molecule has 5 aromatic rings. The Morgan fingerprint density at radius 3 is 2.47 bits per heavy atom. The summed E-state index contributed by atoms with van der Waals surface area (Å²) in [4.78, 5) is 29.7. The number of halogens is 1. The monoisotopic (exact) mass is 508 g/mol. The SMILES string of the molecule is CNc1ncnc(-c2cccnc2Oc2ccc(F)c(C(=O)Nc3cccc(Oc4ccccc4)c3)c2)n1. The number of hydrogen-bond donors (Lipinski definition) is 2. The second-order valence-corrected chi connectivity index (χ2v) is 7.88. The standard InChI is InChI=1S/C28H21FN6O3/c1-30-28-33-17-32-25(35-28)22-11-6-14-31-27(22)38-21-12-13-24(29)23(16-21)26(36)34-18-7-5-10-20(15-18)37-19-8-3-2-4-9-19/h2-17H,1H3,(H,34,36)(H,30,32,33,35). The van der Waals surface area contributed by atoms with Crippen molar-refractivity contribution in [1.29, 1.82) is 0 Å². The summed E-state index contributed by atoms with van der Waals surface area (Å²) in [5.41, 5.74) is 0.736. The fraction of sp³-hybridized carbons (Fsp3) is 0.0357. The van der Waals surface area contributed by atoms with Crippen LogP contribution in [-0.2, 0) is 0 Å². The molecule has 0 unspecified atom stereocenters. The molecular weight excluding hydrogens is 487 g/mol. The number of para-hydroxylation sites is 1. The summed E-state index contributed by atoms with van der Waals surface area (Å²) in [6.07, 6.45) is 2.91. The highest BCUT2D eigenvalue weighted by atomic mass is 19.1. The molecule has 188 valence electrons. The van der Waals surface area contributed by atoms with E-state index in [0.717, 1.165) is 6.07 Å². The van der Waals surface area contributed by atoms with Gasteiger partial charge in [-0.2, -0.15) is 4.98 Å². The summed E-state index contributed by atoms with van der Waals surface area (Å²) in [5.74, 6) is 0.930. The maximum absolute atomic E-state index is 14.7. The molecule has 0 aliphatic rings. The Morgan fingerprint density at radius 1 is 0.816 bits per heavy atom. The molecule has 0 spiro atoms. The Morgan fingerprint density at radius 2 is 1.63 bits per heavy atom. The summed E-state index contributed by atoms with van der Waals surface area (Å²) in [5, 5.41) is 5.55. The van der Waals surface area contributed by atoms with Crippen LogP contribution >= 0.6 is 0 Å². The third-order valence-corrected chi connectivity index (χ3v) is 5.28. The van der Waals surface area contributed by atoms with Gasteiger partial charge in [-0.1, -0.05) is 24.3 Å². The van der Waals surface area contributed by atoms with E-state index < -0.39 is 11.7 Å². The molecule has 38 heavy (non-hydrogen) atoms. The van der Waals surface area contributed by atoms with Crippen LogP contribution in [0.4, 0.5) is 16.0 Å². The van der Waals surface area contributed by atoms with Gasteiger partial charge in [0.1, 0.15) is 29.4 Å². The van der Waals surface area contributed by atoms with Crippen molar-refractivity contribution in [2.24, 2.45) is 0 Å². The van der Waals surface area contributed by atoms with Crippen molar-refractivity contribution in [1.82, 2.24) is 19.9 Å². The first-order valence-corrected chi connectivity index (χ1v) is 11.5.